The quantitative estimate of drug-likeness (QED) is 0.777. The second-order valence-electron chi connectivity index (χ2n) is 5.75. The summed E-state index contributed by atoms with van der Waals surface area (Å²) in [6.07, 6.45) is 0. The molecule has 1 aliphatic rings. The van der Waals surface area contributed by atoms with Crippen LogP contribution in [-0.4, -0.2) is 47.4 Å². The molecule has 0 spiro atoms. The molecule has 0 radical (unpaired) electrons. The molecule has 1 amide bonds. The Labute approximate surface area is 148 Å². The van der Waals surface area contributed by atoms with E-state index in [9.17, 15) is 4.79 Å². The van der Waals surface area contributed by atoms with Crippen LogP contribution >= 0.6 is 11.3 Å². The van der Waals surface area contributed by atoms with Crippen molar-refractivity contribution >= 4 is 39.0 Å². The van der Waals surface area contributed by atoms with Crippen molar-refractivity contribution in [1.29, 1.82) is 0 Å². The maximum Gasteiger partial charge on any atom is 0.276 e. The number of aryl methyl sites for hydroxylation is 1. The van der Waals surface area contributed by atoms with Crippen molar-refractivity contribution in [3.63, 3.8) is 0 Å². The highest BCUT2D eigenvalue weighted by Gasteiger charge is 2.15. The van der Waals surface area contributed by atoms with E-state index in [1.165, 1.54) is 0 Å². The summed E-state index contributed by atoms with van der Waals surface area (Å²) in [6.45, 7) is 4.90. The SMILES string of the molecule is Cc1nc2cc(NC(=O)c3ccc(N4CCOCC4)nn3)ccc2s1. The molecule has 0 atom stereocenters. The summed E-state index contributed by atoms with van der Waals surface area (Å²) in [7, 11) is 0. The van der Waals surface area contributed by atoms with Gasteiger partial charge in [-0.3, -0.25) is 4.79 Å². The standard InChI is InChI=1S/C17H17N5O2S/c1-11-18-14-10-12(2-4-15(14)25-11)19-17(23)13-3-5-16(21-20-13)22-6-8-24-9-7-22/h2-5,10H,6-9H2,1H3,(H,19,23). The van der Waals surface area contributed by atoms with Crippen molar-refractivity contribution < 1.29 is 9.53 Å². The average Bonchev–Trinajstić information content (AvgIpc) is 3.02. The molecular weight excluding hydrogens is 338 g/mol. The number of hydrogen-bond acceptors (Lipinski definition) is 7. The number of morpholine rings is 1. The Morgan fingerprint density at radius 2 is 2.04 bits per heavy atom. The lowest BCUT2D eigenvalue weighted by Gasteiger charge is -2.27. The Hall–Kier alpha value is -2.58. The predicted octanol–water partition coefficient (Wildman–Crippen LogP) is 2.48. The molecule has 3 aromatic rings. The van der Waals surface area contributed by atoms with Gasteiger partial charge in [0.25, 0.3) is 5.91 Å². The van der Waals surface area contributed by atoms with Gasteiger partial charge in [0.15, 0.2) is 11.5 Å². The van der Waals surface area contributed by atoms with Gasteiger partial charge in [-0.1, -0.05) is 0 Å². The molecule has 0 saturated carbocycles. The second-order valence-corrected chi connectivity index (χ2v) is 6.98. The lowest BCUT2D eigenvalue weighted by Crippen LogP contribution is -2.37. The Morgan fingerprint density at radius 3 is 2.80 bits per heavy atom. The smallest absolute Gasteiger partial charge is 0.276 e. The maximum atomic E-state index is 12.4. The third kappa shape index (κ3) is 3.45. The van der Waals surface area contributed by atoms with Crippen LogP contribution in [0.2, 0.25) is 0 Å². The van der Waals surface area contributed by atoms with Gasteiger partial charge in [-0.2, -0.15) is 0 Å². The molecule has 1 aromatic carbocycles. The molecule has 4 rings (SSSR count). The molecule has 128 valence electrons. The van der Waals surface area contributed by atoms with Crippen molar-refractivity contribution in [3.8, 4) is 0 Å². The van der Waals surface area contributed by atoms with E-state index in [0.717, 1.165) is 34.1 Å². The van der Waals surface area contributed by atoms with Crippen LogP contribution in [-0.2, 0) is 4.74 Å². The molecule has 1 N–H and O–H groups in total. The van der Waals surface area contributed by atoms with Crippen LogP contribution in [0.25, 0.3) is 10.2 Å². The number of carbonyl (C=O) groups excluding carboxylic acids is 1. The van der Waals surface area contributed by atoms with E-state index >= 15 is 0 Å². The third-order valence-corrected chi connectivity index (χ3v) is 4.92. The molecule has 0 aliphatic carbocycles. The Bertz CT molecular complexity index is 903. The fraction of sp³-hybridized carbons (Fsp3) is 0.294. The number of amides is 1. The summed E-state index contributed by atoms with van der Waals surface area (Å²) >= 11 is 1.63. The number of hydrogen-bond donors (Lipinski definition) is 1. The zero-order valence-corrected chi connectivity index (χ0v) is 14.5. The summed E-state index contributed by atoms with van der Waals surface area (Å²) in [5, 5.41) is 12.1. The van der Waals surface area contributed by atoms with Gasteiger partial charge in [0.05, 0.1) is 28.4 Å². The fourth-order valence-electron chi connectivity index (χ4n) is 2.72. The van der Waals surface area contributed by atoms with E-state index in [1.54, 1.807) is 17.4 Å². The summed E-state index contributed by atoms with van der Waals surface area (Å²) in [5.74, 6) is 0.478. The lowest BCUT2D eigenvalue weighted by molar-refractivity contribution is 0.102. The Kier molecular flexibility index (Phi) is 4.29. The second kappa shape index (κ2) is 6.73. The number of aromatic nitrogens is 3. The minimum Gasteiger partial charge on any atom is -0.378 e. The van der Waals surface area contributed by atoms with Gasteiger partial charge in [0, 0.05) is 18.8 Å². The highest BCUT2D eigenvalue weighted by Crippen LogP contribution is 2.24. The van der Waals surface area contributed by atoms with Crippen molar-refractivity contribution in [1.82, 2.24) is 15.2 Å². The van der Waals surface area contributed by atoms with Crippen molar-refractivity contribution in [3.05, 3.63) is 41.0 Å². The first-order valence-corrected chi connectivity index (χ1v) is 8.86. The first-order valence-electron chi connectivity index (χ1n) is 8.04. The number of nitrogens with one attached hydrogen (secondary N) is 1. The molecule has 7 nitrogen and oxygen atoms in total. The van der Waals surface area contributed by atoms with Gasteiger partial charge in [0.2, 0.25) is 0 Å². The minimum absolute atomic E-state index is 0.284. The molecule has 3 heterocycles. The molecule has 1 fully saturated rings. The van der Waals surface area contributed by atoms with Crippen molar-refractivity contribution in [2.75, 3.05) is 36.5 Å². The summed E-state index contributed by atoms with van der Waals surface area (Å²) < 4.78 is 6.43. The van der Waals surface area contributed by atoms with E-state index < -0.39 is 0 Å². The molecule has 2 aromatic heterocycles. The minimum atomic E-state index is -0.285. The normalized spacial score (nSPS) is 14.7. The average molecular weight is 355 g/mol. The summed E-state index contributed by atoms with van der Waals surface area (Å²) in [5.41, 5.74) is 1.86. The summed E-state index contributed by atoms with van der Waals surface area (Å²) in [4.78, 5) is 18.9. The van der Waals surface area contributed by atoms with E-state index in [-0.39, 0.29) is 11.6 Å². The zero-order chi connectivity index (χ0) is 17.2. The van der Waals surface area contributed by atoms with Crippen LogP contribution in [0.5, 0.6) is 0 Å². The van der Waals surface area contributed by atoms with Gasteiger partial charge < -0.3 is 15.0 Å². The van der Waals surface area contributed by atoms with E-state index in [4.69, 9.17) is 4.74 Å². The first-order chi connectivity index (χ1) is 12.2. The number of thiazole rings is 1. The number of ether oxygens (including phenoxy) is 1. The highest BCUT2D eigenvalue weighted by molar-refractivity contribution is 7.18. The third-order valence-electron chi connectivity index (χ3n) is 3.97. The molecule has 8 heteroatoms. The Morgan fingerprint density at radius 1 is 1.20 bits per heavy atom. The zero-order valence-electron chi connectivity index (χ0n) is 13.7. The van der Waals surface area contributed by atoms with Crippen LogP contribution in [0.15, 0.2) is 30.3 Å². The fourth-order valence-corrected chi connectivity index (χ4v) is 3.53. The molecule has 1 aliphatic heterocycles. The predicted molar refractivity (Wildman–Crippen MR) is 97.4 cm³/mol. The number of anilines is 2. The van der Waals surface area contributed by atoms with Crippen LogP contribution in [0.4, 0.5) is 11.5 Å². The van der Waals surface area contributed by atoms with Crippen molar-refractivity contribution in [2.24, 2.45) is 0 Å². The molecule has 0 bridgehead atoms. The molecule has 1 saturated heterocycles. The first kappa shape index (κ1) is 15.9. The monoisotopic (exact) mass is 355 g/mol. The molecule has 0 unspecified atom stereocenters. The maximum absolute atomic E-state index is 12.4. The molecule has 25 heavy (non-hydrogen) atoms. The topological polar surface area (TPSA) is 80.2 Å². The van der Waals surface area contributed by atoms with E-state index in [2.05, 4.69) is 25.4 Å². The van der Waals surface area contributed by atoms with E-state index in [0.29, 0.717) is 18.9 Å². The van der Waals surface area contributed by atoms with Gasteiger partial charge in [-0.05, 0) is 37.3 Å². The van der Waals surface area contributed by atoms with Crippen LogP contribution in [0.1, 0.15) is 15.5 Å². The molecular formula is C17H17N5O2S. The van der Waals surface area contributed by atoms with E-state index in [1.807, 2.05) is 31.2 Å². The number of carbonyl (C=O) groups is 1. The lowest BCUT2D eigenvalue weighted by atomic mass is 10.2. The largest absolute Gasteiger partial charge is 0.378 e. The van der Waals surface area contributed by atoms with Crippen LogP contribution in [0, 0.1) is 6.92 Å². The van der Waals surface area contributed by atoms with Crippen LogP contribution in [0.3, 0.4) is 0 Å². The highest BCUT2D eigenvalue weighted by atomic mass is 32.1. The van der Waals surface area contributed by atoms with Gasteiger partial charge in [0.1, 0.15) is 0 Å². The Balaban J connectivity index is 1.47. The number of nitrogens with zero attached hydrogens (tertiary/aromatic N) is 4. The number of fused-ring (bicyclic) bond motifs is 1. The van der Waals surface area contributed by atoms with Crippen molar-refractivity contribution in [2.45, 2.75) is 6.92 Å². The van der Waals surface area contributed by atoms with Gasteiger partial charge >= 0.3 is 0 Å². The number of rotatable bonds is 3. The van der Waals surface area contributed by atoms with Crippen LogP contribution < -0.4 is 10.2 Å². The summed E-state index contributed by atoms with van der Waals surface area (Å²) in [6, 6.07) is 9.21. The van der Waals surface area contributed by atoms with Gasteiger partial charge in [-0.15, -0.1) is 21.5 Å². The number of benzene rings is 1. The van der Waals surface area contributed by atoms with Gasteiger partial charge in [-0.25, -0.2) is 4.98 Å².